The molecule has 2 aliphatic heterocycles. The molecule has 0 spiro atoms. The summed E-state index contributed by atoms with van der Waals surface area (Å²) in [7, 11) is 2.10. The largest absolute Gasteiger partial charge is 0.480 e. The fraction of sp³-hybridized carbons (Fsp3) is 0.476. The van der Waals surface area contributed by atoms with Gasteiger partial charge in [-0.2, -0.15) is 0 Å². The number of nitrogens with one attached hydrogen (secondary N) is 1. The number of thiophene rings is 2. The van der Waals surface area contributed by atoms with Crippen molar-refractivity contribution >= 4 is 52.1 Å². The summed E-state index contributed by atoms with van der Waals surface area (Å²) < 4.78 is 0.509. The first-order valence-electron chi connectivity index (χ1n) is 10.1. The minimum absolute atomic E-state index is 0.168. The highest BCUT2D eigenvalue weighted by molar-refractivity contribution is 7.18. The fourth-order valence-corrected chi connectivity index (χ4v) is 6.52. The van der Waals surface area contributed by atoms with Crippen molar-refractivity contribution in [3.05, 3.63) is 42.7 Å². The first-order valence-corrected chi connectivity index (χ1v) is 12.1. The Hall–Kier alpha value is -1.94. The molecule has 0 bridgehead atoms. The van der Waals surface area contributed by atoms with Crippen molar-refractivity contribution in [1.82, 2.24) is 15.1 Å². The molecule has 1 fully saturated rings. The van der Waals surface area contributed by atoms with Crippen molar-refractivity contribution < 1.29 is 19.5 Å². The summed E-state index contributed by atoms with van der Waals surface area (Å²) in [4.78, 5) is 43.5. The molecule has 31 heavy (non-hydrogen) atoms. The molecule has 4 heterocycles. The number of carboxylic acids is 1. The van der Waals surface area contributed by atoms with Gasteiger partial charge in [0.1, 0.15) is 6.04 Å². The number of hydrogen-bond acceptors (Lipinski definition) is 6. The van der Waals surface area contributed by atoms with Crippen LogP contribution in [0.3, 0.4) is 0 Å². The number of likely N-dealkylation sites (N-methyl/N-ethyl adjacent to an activating group) is 1. The number of carbonyl (C=O) groups excluding carboxylic acids is 2. The number of carboxylic acid groups (broad SMARTS) is 1. The molecule has 2 aliphatic rings. The molecular weight excluding hydrogens is 458 g/mol. The summed E-state index contributed by atoms with van der Waals surface area (Å²) >= 11 is 8.53. The van der Waals surface area contributed by atoms with E-state index in [-0.39, 0.29) is 24.8 Å². The topological polar surface area (TPSA) is 90.0 Å². The molecule has 2 N–H and O–H groups in total. The first-order chi connectivity index (χ1) is 14.7. The number of rotatable bonds is 4. The van der Waals surface area contributed by atoms with E-state index in [0.29, 0.717) is 20.0 Å². The Morgan fingerprint density at radius 3 is 2.65 bits per heavy atom. The van der Waals surface area contributed by atoms with Gasteiger partial charge in [-0.15, -0.1) is 22.7 Å². The number of nitrogens with zero attached hydrogens (tertiary/aromatic N) is 2. The maximum absolute atomic E-state index is 13.3. The third-order valence-corrected chi connectivity index (χ3v) is 8.30. The van der Waals surface area contributed by atoms with Gasteiger partial charge >= 0.3 is 5.97 Å². The molecule has 7 nitrogen and oxygen atoms in total. The van der Waals surface area contributed by atoms with Crippen molar-refractivity contribution in [3.63, 3.8) is 0 Å². The number of likely N-dealkylation sites (tertiary alicyclic amines) is 1. The molecule has 0 saturated carbocycles. The summed E-state index contributed by atoms with van der Waals surface area (Å²) in [6, 6.07) is 3.82. The van der Waals surface area contributed by atoms with Gasteiger partial charge in [-0.25, -0.2) is 4.79 Å². The van der Waals surface area contributed by atoms with Gasteiger partial charge < -0.3 is 20.2 Å². The summed E-state index contributed by atoms with van der Waals surface area (Å²) in [5, 5.41) is 12.6. The van der Waals surface area contributed by atoms with E-state index in [1.54, 1.807) is 12.1 Å². The van der Waals surface area contributed by atoms with Crippen LogP contribution in [-0.4, -0.2) is 71.5 Å². The lowest BCUT2D eigenvalue weighted by Gasteiger charge is -2.21. The van der Waals surface area contributed by atoms with Crippen LogP contribution >= 0.6 is 34.3 Å². The van der Waals surface area contributed by atoms with Crippen molar-refractivity contribution in [2.75, 3.05) is 26.7 Å². The quantitative estimate of drug-likeness (QED) is 0.700. The van der Waals surface area contributed by atoms with Gasteiger partial charge in [-0.05, 0) is 43.1 Å². The van der Waals surface area contributed by atoms with Crippen LogP contribution in [0.1, 0.15) is 49.0 Å². The minimum Gasteiger partial charge on any atom is -0.480 e. The van der Waals surface area contributed by atoms with Crippen LogP contribution in [0.4, 0.5) is 0 Å². The number of hydrogen-bond donors (Lipinski definition) is 2. The number of halogens is 1. The Morgan fingerprint density at radius 1 is 1.19 bits per heavy atom. The van der Waals surface area contributed by atoms with Crippen LogP contribution in [0.2, 0.25) is 4.34 Å². The Balaban J connectivity index is 1.50. The molecule has 10 heteroatoms. The molecule has 3 atom stereocenters. The van der Waals surface area contributed by atoms with E-state index in [0.717, 1.165) is 30.8 Å². The molecule has 166 valence electrons. The van der Waals surface area contributed by atoms with E-state index in [9.17, 15) is 19.5 Å². The second-order valence-electron chi connectivity index (χ2n) is 8.22. The highest BCUT2D eigenvalue weighted by Crippen LogP contribution is 2.34. The van der Waals surface area contributed by atoms with Crippen LogP contribution in [-0.2, 0) is 11.2 Å². The second-order valence-corrected chi connectivity index (χ2v) is 11.1. The highest BCUT2D eigenvalue weighted by Gasteiger charge is 2.41. The number of carbonyl (C=O) groups is 3. The molecule has 2 aromatic rings. The Labute approximate surface area is 193 Å². The summed E-state index contributed by atoms with van der Waals surface area (Å²) in [5.74, 6) is -1.32. The zero-order valence-electron chi connectivity index (χ0n) is 17.3. The maximum atomic E-state index is 13.3. The predicted molar refractivity (Wildman–Crippen MR) is 122 cm³/mol. The normalized spacial score (nSPS) is 24.0. The monoisotopic (exact) mass is 481 g/mol. The van der Waals surface area contributed by atoms with E-state index in [1.165, 1.54) is 26.7 Å². The molecule has 0 aliphatic carbocycles. The van der Waals surface area contributed by atoms with Gasteiger partial charge in [0, 0.05) is 37.0 Å². The zero-order valence-corrected chi connectivity index (χ0v) is 19.6. The van der Waals surface area contributed by atoms with Crippen LogP contribution < -0.4 is 5.32 Å². The van der Waals surface area contributed by atoms with Gasteiger partial charge in [0.2, 0.25) is 0 Å². The fourth-order valence-electron chi connectivity index (χ4n) is 4.34. The van der Waals surface area contributed by atoms with Crippen LogP contribution in [0.5, 0.6) is 0 Å². The molecule has 0 aromatic carbocycles. The van der Waals surface area contributed by atoms with Gasteiger partial charge in [-0.3, -0.25) is 9.59 Å². The second kappa shape index (κ2) is 8.90. The van der Waals surface area contributed by atoms with E-state index >= 15 is 0 Å². The van der Waals surface area contributed by atoms with Crippen molar-refractivity contribution in [1.29, 1.82) is 0 Å². The third-order valence-electron chi connectivity index (χ3n) is 5.87. The smallest absolute Gasteiger partial charge is 0.326 e. The maximum Gasteiger partial charge on any atom is 0.326 e. The number of amides is 2. The molecule has 0 radical (unpaired) electrons. The minimum atomic E-state index is -1.06. The van der Waals surface area contributed by atoms with E-state index in [2.05, 4.69) is 24.2 Å². The van der Waals surface area contributed by atoms with Crippen molar-refractivity contribution in [2.45, 2.75) is 37.8 Å². The summed E-state index contributed by atoms with van der Waals surface area (Å²) in [5.41, 5.74) is 1.18. The predicted octanol–water partition coefficient (Wildman–Crippen LogP) is 3.15. The molecule has 1 unspecified atom stereocenters. The van der Waals surface area contributed by atoms with E-state index in [1.807, 2.05) is 6.07 Å². The average Bonchev–Trinajstić information content (AvgIpc) is 3.42. The van der Waals surface area contributed by atoms with Crippen molar-refractivity contribution in [3.8, 4) is 0 Å². The molecule has 2 amide bonds. The Morgan fingerprint density at radius 2 is 1.97 bits per heavy atom. The molecule has 4 rings (SSSR count). The molecule has 2 aromatic heterocycles. The first kappa shape index (κ1) is 22.3. The SMILES string of the molecule is CC1CN(C)CCc2sc(C(=O)N3C[C@H](NC(=O)c4ccc(Cl)s4)C[C@H]3C(=O)O)cc21. The lowest BCUT2D eigenvalue weighted by atomic mass is 10.0. The number of aliphatic carboxylic acids is 1. The average molecular weight is 482 g/mol. The van der Waals surface area contributed by atoms with E-state index in [4.69, 9.17) is 11.6 Å². The van der Waals surface area contributed by atoms with Gasteiger partial charge in [0.15, 0.2) is 0 Å². The third kappa shape index (κ3) is 4.64. The van der Waals surface area contributed by atoms with Crippen molar-refractivity contribution in [2.24, 2.45) is 0 Å². The van der Waals surface area contributed by atoms with Gasteiger partial charge in [0.25, 0.3) is 11.8 Å². The molecule has 1 saturated heterocycles. The Kier molecular flexibility index (Phi) is 6.39. The lowest BCUT2D eigenvalue weighted by Crippen LogP contribution is -2.41. The van der Waals surface area contributed by atoms with Crippen LogP contribution in [0, 0.1) is 0 Å². The molecular formula is C21H24ClN3O4S2. The lowest BCUT2D eigenvalue weighted by molar-refractivity contribution is -0.141. The zero-order chi connectivity index (χ0) is 22.3. The van der Waals surface area contributed by atoms with Gasteiger partial charge in [0.05, 0.1) is 14.1 Å². The standard InChI is InChI=1S/C21H24ClN3O4S2/c1-11-9-24(2)6-5-15-13(11)8-17(30-15)20(27)25-10-12(7-14(25)21(28)29)23-19(26)16-3-4-18(22)31-16/h3-4,8,11-12,14H,5-7,9-10H2,1-2H3,(H,23,26)(H,28,29)/t11?,12-,14+/m1/s1. The highest BCUT2D eigenvalue weighted by atomic mass is 35.5. The Bertz CT molecular complexity index is 1020. The summed E-state index contributed by atoms with van der Waals surface area (Å²) in [6.07, 6.45) is 1.07. The van der Waals surface area contributed by atoms with Gasteiger partial charge in [-0.1, -0.05) is 18.5 Å². The van der Waals surface area contributed by atoms with Crippen LogP contribution in [0.15, 0.2) is 18.2 Å². The van der Waals surface area contributed by atoms with E-state index < -0.39 is 18.1 Å². The summed E-state index contributed by atoms with van der Waals surface area (Å²) in [6.45, 7) is 4.19. The number of fused-ring (bicyclic) bond motifs is 1. The van der Waals surface area contributed by atoms with Crippen LogP contribution in [0.25, 0.3) is 0 Å².